The van der Waals surface area contributed by atoms with Crippen molar-refractivity contribution in [3.05, 3.63) is 35.8 Å². The van der Waals surface area contributed by atoms with Crippen molar-refractivity contribution >= 4 is 16.7 Å². The van der Waals surface area contributed by atoms with Gasteiger partial charge >= 0.3 is 0 Å². The number of piperidine rings is 2. The average Bonchev–Trinajstić information content (AvgIpc) is 3.05. The summed E-state index contributed by atoms with van der Waals surface area (Å²) in [5.41, 5.74) is 2.26. The number of Topliss-reactive ketones (excluding diaryl/α,β-unsaturated/α-hetero) is 1. The molecule has 1 unspecified atom stereocenters. The number of rotatable bonds is 4. The minimum absolute atomic E-state index is 0.109. The van der Waals surface area contributed by atoms with Crippen molar-refractivity contribution in [2.24, 2.45) is 0 Å². The Bertz CT molecular complexity index is 779. The number of nitrogens with zero attached hydrogens (tertiary/aromatic N) is 2. The number of benzene rings is 1. The number of likely N-dealkylation sites (tertiary alicyclic amines) is 2. The third-order valence-electron chi connectivity index (χ3n) is 6.17. The van der Waals surface area contributed by atoms with Gasteiger partial charge in [-0.1, -0.05) is 6.42 Å². The van der Waals surface area contributed by atoms with Crippen LogP contribution in [-0.4, -0.2) is 52.9 Å². The van der Waals surface area contributed by atoms with Gasteiger partial charge < -0.3 is 4.98 Å². The Morgan fingerprint density at radius 1 is 1.19 bits per heavy atom. The second-order valence-corrected chi connectivity index (χ2v) is 7.90. The van der Waals surface area contributed by atoms with Gasteiger partial charge in [-0.15, -0.1) is 0 Å². The number of aromatic amines is 1. The molecule has 1 N–H and O–H groups in total. The molecular weight excluding hydrogens is 329 g/mol. The van der Waals surface area contributed by atoms with Crippen LogP contribution in [0.3, 0.4) is 0 Å². The number of fused-ring (bicyclic) bond motifs is 1. The SMILES string of the molecule is CC(=O)C1CCCCN1CN1CCC(c2c[nH]c3ccc(F)cc23)CC1. The van der Waals surface area contributed by atoms with E-state index in [0.29, 0.717) is 11.7 Å². The van der Waals surface area contributed by atoms with Gasteiger partial charge in [0, 0.05) is 23.6 Å². The molecule has 0 saturated carbocycles. The van der Waals surface area contributed by atoms with Gasteiger partial charge in [-0.25, -0.2) is 4.39 Å². The van der Waals surface area contributed by atoms with E-state index in [2.05, 4.69) is 21.0 Å². The molecule has 0 aliphatic carbocycles. The van der Waals surface area contributed by atoms with E-state index in [9.17, 15) is 9.18 Å². The molecule has 2 fully saturated rings. The molecule has 3 heterocycles. The van der Waals surface area contributed by atoms with E-state index in [1.54, 1.807) is 13.0 Å². The van der Waals surface area contributed by atoms with E-state index >= 15 is 0 Å². The lowest BCUT2D eigenvalue weighted by molar-refractivity contribution is -0.124. The summed E-state index contributed by atoms with van der Waals surface area (Å²) in [6.07, 6.45) is 7.60. The molecule has 2 saturated heterocycles. The van der Waals surface area contributed by atoms with Crippen LogP contribution in [0.1, 0.15) is 50.5 Å². The van der Waals surface area contributed by atoms with Gasteiger partial charge in [-0.3, -0.25) is 14.6 Å². The molecule has 1 aromatic heterocycles. The zero-order chi connectivity index (χ0) is 18.1. The van der Waals surface area contributed by atoms with Crippen LogP contribution in [0.5, 0.6) is 0 Å². The van der Waals surface area contributed by atoms with Crippen LogP contribution >= 0.6 is 0 Å². The summed E-state index contributed by atoms with van der Waals surface area (Å²) < 4.78 is 13.6. The van der Waals surface area contributed by atoms with Crippen molar-refractivity contribution in [2.75, 3.05) is 26.3 Å². The Hall–Kier alpha value is -1.72. The zero-order valence-electron chi connectivity index (χ0n) is 15.5. The van der Waals surface area contributed by atoms with E-state index in [0.717, 1.165) is 56.5 Å². The smallest absolute Gasteiger partial charge is 0.146 e. The molecule has 5 heteroatoms. The Balaban J connectivity index is 1.39. The van der Waals surface area contributed by atoms with Gasteiger partial charge in [0.15, 0.2) is 0 Å². The van der Waals surface area contributed by atoms with Crippen LogP contribution in [0.4, 0.5) is 4.39 Å². The molecule has 0 spiro atoms. The minimum atomic E-state index is -0.170. The zero-order valence-corrected chi connectivity index (χ0v) is 15.5. The monoisotopic (exact) mass is 357 g/mol. The van der Waals surface area contributed by atoms with Gasteiger partial charge in [0.05, 0.1) is 12.7 Å². The lowest BCUT2D eigenvalue weighted by Crippen LogP contribution is -2.50. The summed E-state index contributed by atoms with van der Waals surface area (Å²) in [5, 5.41) is 1.02. The number of H-pyrrole nitrogens is 1. The maximum Gasteiger partial charge on any atom is 0.146 e. The fourth-order valence-electron chi connectivity index (χ4n) is 4.72. The van der Waals surface area contributed by atoms with Crippen molar-refractivity contribution in [1.82, 2.24) is 14.8 Å². The maximum atomic E-state index is 13.6. The van der Waals surface area contributed by atoms with Crippen molar-refractivity contribution in [2.45, 2.75) is 51.0 Å². The molecular formula is C21H28FN3O. The van der Waals surface area contributed by atoms with Gasteiger partial charge in [-0.05, 0) is 75.4 Å². The highest BCUT2D eigenvalue weighted by Gasteiger charge is 2.29. The molecule has 2 aliphatic heterocycles. The molecule has 0 radical (unpaired) electrons. The molecule has 2 aromatic rings. The summed E-state index contributed by atoms with van der Waals surface area (Å²) in [6.45, 7) is 5.73. The number of carbonyl (C=O) groups is 1. The Morgan fingerprint density at radius 2 is 2.00 bits per heavy atom. The molecule has 0 amide bonds. The molecule has 4 rings (SSSR count). The third-order valence-corrected chi connectivity index (χ3v) is 6.17. The van der Waals surface area contributed by atoms with Crippen molar-refractivity contribution in [3.63, 3.8) is 0 Å². The standard InChI is InChI=1S/C21H28FN3O/c1-15(26)21-4-2-3-9-25(21)14-24-10-7-16(8-11-24)19-13-23-20-6-5-17(22)12-18(19)20/h5-6,12-13,16,21,23H,2-4,7-11,14H2,1H3. The predicted octanol–water partition coefficient (Wildman–Crippen LogP) is 3.89. The summed E-state index contributed by atoms with van der Waals surface area (Å²) in [4.78, 5) is 20.0. The summed E-state index contributed by atoms with van der Waals surface area (Å²) in [7, 11) is 0. The van der Waals surface area contributed by atoms with Crippen LogP contribution in [0.2, 0.25) is 0 Å². The molecule has 26 heavy (non-hydrogen) atoms. The van der Waals surface area contributed by atoms with Crippen LogP contribution in [0.25, 0.3) is 10.9 Å². The highest BCUT2D eigenvalue weighted by molar-refractivity contribution is 5.83. The maximum absolute atomic E-state index is 13.6. The quantitative estimate of drug-likeness (QED) is 0.902. The summed E-state index contributed by atoms with van der Waals surface area (Å²) in [5.74, 6) is 0.614. The fourth-order valence-corrected chi connectivity index (χ4v) is 4.72. The molecule has 1 aromatic carbocycles. The number of aromatic nitrogens is 1. The highest BCUT2D eigenvalue weighted by atomic mass is 19.1. The van der Waals surface area contributed by atoms with Crippen molar-refractivity contribution in [1.29, 1.82) is 0 Å². The second kappa shape index (κ2) is 7.49. The van der Waals surface area contributed by atoms with Crippen molar-refractivity contribution < 1.29 is 9.18 Å². The van der Waals surface area contributed by atoms with Crippen LogP contribution < -0.4 is 0 Å². The first kappa shape index (κ1) is 17.7. The Morgan fingerprint density at radius 3 is 2.77 bits per heavy atom. The van der Waals surface area contributed by atoms with E-state index in [1.807, 2.05) is 6.07 Å². The second-order valence-electron chi connectivity index (χ2n) is 7.90. The average molecular weight is 357 g/mol. The van der Waals surface area contributed by atoms with Crippen molar-refractivity contribution in [3.8, 4) is 0 Å². The lowest BCUT2D eigenvalue weighted by atomic mass is 9.89. The molecule has 0 bridgehead atoms. The summed E-state index contributed by atoms with van der Waals surface area (Å²) >= 11 is 0. The van der Waals surface area contributed by atoms with Gasteiger partial charge in [0.25, 0.3) is 0 Å². The van der Waals surface area contributed by atoms with Gasteiger partial charge in [-0.2, -0.15) is 0 Å². The Labute approximate surface area is 154 Å². The fraction of sp³-hybridized carbons (Fsp3) is 0.571. The number of carbonyl (C=O) groups excluding carboxylic acids is 1. The largest absolute Gasteiger partial charge is 0.361 e. The first-order chi connectivity index (χ1) is 12.6. The van der Waals surface area contributed by atoms with E-state index in [-0.39, 0.29) is 11.9 Å². The van der Waals surface area contributed by atoms with Crippen LogP contribution in [0.15, 0.2) is 24.4 Å². The van der Waals surface area contributed by atoms with E-state index in [4.69, 9.17) is 0 Å². The number of nitrogens with one attached hydrogen (secondary N) is 1. The van der Waals surface area contributed by atoms with E-state index < -0.39 is 0 Å². The first-order valence-electron chi connectivity index (χ1n) is 9.85. The number of halogens is 1. The number of hydrogen-bond donors (Lipinski definition) is 1. The number of hydrogen-bond acceptors (Lipinski definition) is 3. The summed E-state index contributed by atoms with van der Waals surface area (Å²) in [6, 6.07) is 5.09. The third kappa shape index (κ3) is 3.55. The normalized spacial score (nSPS) is 23.5. The number of ketones is 1. The molecule has 1 atom stereocenters. The van der Waals surface area contributed by atoms with E-state index in [1.165, 1.54) is 24.5 Å². The van der Waals surface area contributed by atoms with Crippen LogP contribution in [0, 0.1) is 5.82 Å². The van der Waals surface area contributed by atoms with Crippen LogP contribution in [-0.2, 0) is 4.79 Å². The minimum Gasteiger partial charge on any atom is -0.361 e. The highest BCUT2D eigenvalue weighted by Crippen LogP contribution is 2.33. The van der Waals surface area contributed by atoms with Gasteiger partial charge in [0.2, 0.25) is 0 Å². The molecule has 140 valence electrons. The van der Waals surface area contributed by atoms with Gasteiger partial charge in [0.1, 0.15) is 11.6 Å². The lowest BCUT2D eigenvalue weighted by Gasteiger charge is -2.40. The predicted molar refractivity (Wildman–Crippen MR) is 102 cm³/mol. The molecule has 2 aliphatic rings. The Kier molecular flexibility index (Phi) is 5.09. The first-order valence-corrected chi connectivity index (χ1v) is 9.85. The molecule has 4 nitrogen and oxygen atoms in total. The topological polar surface area (TPSA) is 39.3 Å².